The van der Waals surface area contributed by atoms with Crippen LogP contribution in [0.15, 0.2) is 12.7 Å². The predicted molar refractivity (Wildman–Crippen MR) is 90.8 cm³/mol. The van der Waals surface area contributed by atoms with Gasteiger partial charge in [-0.05, 0) is 33.1 Å². The van der Waals surface area contributed by atoms with Gasteiger partial charge in [-0.2, -0.15) is 0 Å². The van der Waals surface area contributed by atoms with E-state index in [4.69, 9.17) is 0 Å². The molecule has 2 rings (SSSR count). The monoisotopic (exact) mass is 280 g/mol. The Balaban J connectivity index is 0.000000956. The molecule has 2 aliphatic heterocycles. The smallest absolute Gasteiger partial charge is 0.0995 e. The van der Waals surface area contributed by atoms with E-state index >= 15 is 0 Å². The van der Waals surface area contributed by atoms with E-state index in [0.29, 0.717) is 11.0 Å². The van der Waals surface area contributed by atoms with Crippen molar-refractivity contribution in [1.82, 2.24) is 0 Å². The van der Waals surface area contributed by atoms with Crippen LogP contribution in [0.4, 0.5) is 0 Å². The lowest BCUT2D eigenvalue weighted by Gasteiger charge is -2.66. The van der Waals surface area contributed by atoms with Crippen LogP contribution in [0.3, 0.4) is 0 Å². The molecule has 1 spiro atoms. The van der Waals surface area contributed by atoms with Gasteiger partial charge in [0.2, 0.25) is 0 Å². The molecule has 1 heteroatoms. The minimum absolute atomic E-state index is 0.275. The van der Waals surface area contributed by atoms with Crippen molar-refractivity contribution in [2.45, 2.75) is 79.7 Å². The number of rotatable bonds is 1. The van der Waals surface area contributed by atoms with Gasteiger partial charge in [0.15, 0.2) is 0 Å². The van der Waals surface area contributed by atoms with Crippen LogP contribution in [0.25, 0.3) is 0 Å². The minimum atomic E-state index is 0.275. The third-order valence-electron chi connectivity index (χ3n) is 7.33. The van der Waals surface area contributed by atoms with Crippen molar-refractivity contribution in [3.8, 4) is 0 Å². The molecule has 2 saturated heterocycles. The first-order chi connectivity index (χ1) is 9.22. The SMILES string of the molecule is C=CC1(C)CC[N+]2(CCCCC2)C(C)(C)C1(C)C.CC. The van der Waals surface area contributed by atoms with Crippen molar-refractivity contribution in [3.05, 3.63) is 12.7 Å². The van der Waals surface area contributed by atoms with E-state index in [2.05, 4.69) is 47.3 Å². The van der Waals surface area contributed by atoms with Gasteiger partial charge in [-0.25, -0.2) is 0 Å². The summed E-state index contributed by atoms with van der Waals surface area (Å²) in [6.45, 7) is 24.7. The van der Waals surface area contributed by atoms with Crippen molar-refractivity contribution in [1.29, 1.82) is 0 Å². The fourth-order valence-electron chi connectivity index (χ4n) is 4.59. The highest BCUT2D eigenvalue weighted by Gasteiger charge is 2.63. The Labute approximate surface area is 128 Å². The zero-order chi connectivity index (χ0) is 15.7. The van der Waals surface area contributed by atoms with Gasteiger partial charge in [0.05, 0.1) is 25.2 Å². The average Bonchev–Trinajstić information content (AvgIpc) is 2.46. The van der Waals surface area contributed by atoms with Crippen LogP contribution in [-0.2, 0) is 0 Å². The molecule has 0 saturated carbocycles. The van der Waals surface area contributed by atoms with Crippen molar-refractivity contribution in [2.75, 3.05) is 19.6 Å². The molecule has 1 unspecified atom stereocenters. The lowest BCUT2D eigenvalue weighted by Crippen LogP contribution is -2.75. The van der Waals surface area contributed by atoms with Gasteiger partial charge in [-0.1, -0.05) is 40.7 Å². The molecule has 20 heavy (non-hydrogen) atoms. The second-order valence-electron chi connectivity index (χ2n) is 7.93. The fourth-order valence-corrected chi connectivity index (χ4v) is 4.59. The van der Waals surface area contributed by atoms with Crippen LogP contribution in [0.2, 0.25) is 0 Å². The zero-order valence-corrected chi connectivity index (χ0v) is 15.2. The van der Waals surface area contributed by atoms with Crippen LogP contribution in [0.5, 0.6) is 0 Å². The summed E-state index contributed by atoms with van der Waals surface area (Å²) in [4.78, 5) is 0. The summed E-state index contributed by atoms with van der Waals surface area (Å²) in [5.74, 6) is 0. The van der Waals surface area contributed by atoms with Crippen LogP contribution >= 0.6 is 0 Å². The molecule has 1 nitrogen and oxygen atoms in total. The Kier molecular flexibility index (Phi) is 5.17. The highest BCUT2D eigenvalue weighted by Crippen LogP contribution is 2.58. The Morgan fingerprint density at radius 2 is 1.35 bits per heavy atom. The van der Waals surface area contributed by atoms with Crippen LogP contribution in [0, 0.1) is 10.8 Å². The summed E-state index contributed by atoms with van der Waals surface area (Å²) in [6, 6.07) is 0. The van der Waals surface area contributed by atoms with Crippen LogP contribution in [-0.4, -0.2) is 29.7 Å². The first-order valence-electron chi connectivity index (χ1n) is 8.72. The largest absolute Gasteiger partial charge is 0.319 e. The third-order valence-corrected chi connectivity index (χ3v) is 7.33. The maximum atomic E-state index is 4.14. The number of quaternary nitrogens is 1. The van der Waals surface area contributed by atoms with E-state index in [1.165, 1.54) is 49.8 Å². The summed E-state index contributed by atoms with van der Waals surface area (Å²) in [7, 11) is 0. The molecule has 0 aliphatic carbocycles. The summed E-state index contributed by atoms with van der Waals surface area (Å²) in [5, 5.41) is 0. The van der Waals surface area contributed by atoms with E-state index in [9.17, 15) is 0 Å². The molecule has 0 radical (unpaired) electrons. The van der Waals surface area contributed by atoms with Gasteiger partial charge in [0, 0.05) is 17.3 Å². The Morgan fingerprint density at radius 1 is 0.850 bits per heavy atom. The van der Waals surface area contributed by atoms with E-state index < -0.39 is 0 Å². The van der Waals surface area contributed by atoms with Gasteiger partial charge < -0.3 is 4.48 Å². The van der Waals surface area contributed by atoms with Crippen LogP contribution < -0.4 is 0 Å². The Hall–Kier alpha value is -0.300. The minimum Gasteiger partial charge on any atom is -0.319 e. The average molecular weight is 281 g/mol. The molecule has 2 aliphatic rings. The van der Waals surface area contributed by atoms with Crippen molar-refractivity contribution in [2.24, 2.45) is 10.8 Å². The summed E-state index contributed by atoms with van der Waals surface area (Å²) in [5.41, 5.74) is 0.920. The molecule has 0 amide bonds. The van der Waals surface area contributed by atoms with Gasteiger partial charge in [0.25, 0.3) is 0 Å². The lowest BCUT2D eigenvalue weighted by molar-refractivity contribution is -0.992. The molecule has 0 bridgehead atoms. The van der Waals surface area contributed by atoms with Crippen molar-refractivity contribution >= 4 is 0 Å². The highest BCUT2D eigenvalue weighted by molar-refractivity contribution is 5.10. The van der Waals surface area contributed by atoms with Gasteiger partial charge in [-0.3, -0.25) is 0 Å². The van der Waals surface area contributed by atoms with E-state index in [1.54, 1.807) is 0 Å². The number of allylic oxidation sites excluding steroid dienone is 1. The maximum absolute atomic E-state index is 4.14. The first kappa shape index (κ1) is 17.8. The topological polar surface area (TPSA) is 0 Å². The number of nitrogens with zero attached hydrogens (tertiary/aromatic N) is 1. The quantitative estimate of drug-likeness (QED) is 0.445. The molecule has 0 aromatic heterocycles. The molecule has 1 atom stereocenters. The molecule has 0 N–H and O–H groups in total. The molecule has 2 heterocycles. The number of piperidine rings is 2. The molecule has 0 aromatic carbocycles. The first-order valence-corrected chi connectivity index (χ1v) is 8.72. The highest BCUT2D eigenvalue weighted by atomic mass is 15.4. The summed E-state index contributed by atoms with van der Waals surface area (Å²) >= 11 is 0. The maximum Gasteiger partial charge on any atom is 0.0995 e. The Morgan fingerprint density at radius 3 is 1.80 bits per heavy atom. The zero-order valence-electron chi connectivity index (χ0n) is 15.2. The third kappa shape index (κ3) is 2.26. The van der Waals surface area contributed by atoms with E-state index in [-0.39, 0.29) is 5.41 Å². The van der Waals surface area contributed by atoms with E-state index in [0.717, 1.165) is 0 Å². The Bertz CT molecular complexity index is 334. The van der Waals surface area contributed by atoms with Crippen molar-refractivity contribution in [3.63, 3.8) is 0 Å². The molecular formula is C19H38N+. The van der Waals surface area contributed by atoms with Gasteiger partial charge in [-0.15, -0.1) is 6.58 Å². The van der Waals surface area contributed by atoms with Gasteiger partial charge >= 0.3 is 0 Å². The lowest BCUT2D eigenvalue weighted by atomic mass is 9.52. The number of hydrogen-bond donors (Lipinski definition) is 0. The standard InChI is InChI=1S/C17H32N.C2H6/c1-7-17(6)11-14-18(12-9-8-10-13-18)16(4,5)15(17,2)3;1-2/h7H,1,8-14H2,2-6H3;1-2H3/q+1;. The second-order valence-corrected chi connectivity index (χ2v) is 7.93. The molecular weight excluding hydrogens is 242 g/mol. The van der Waals surface area contributed by atoms with Gasteiger partial charge in [0.1, 0.15) is 0 Å². The van der Waals surface area contributed by atoms with Crippen molar-refractivity contribution < 1.29 is 4.48 Å². The molecule has 2 fully saturated rings. The fraction of sp³-hybridized carbons (Fsp3) is 0.895. The molecule has 0 aromatic rings. The predicted octanol–water partition coefficient (Wildman–Crippen LogP) is 5.41. The second kappa shape index (κ2) is 5.83. The molecule has 118 valence electrons. The van der Waals surface area contributed by atoms with Crippen LogP contribution in [0.1, 0.15) is 74.1 Å². The normalized spacial score (nSPS) is 34.0. The number of hydrogen-bond acceptors (Lipinski definition) is 0. The summed E-state index contributed by atoms with van der Waals surface area (Å²) in [6.07, 6.45) is 7.81. The van der Waals surface area contributed by atoms with E-state index in [1.807, 2.05) is 13.8 Å². The summed E-state index contributed by atoms with van der Waals surface area (Å²) < 4.78 is 1.35.